The molecule has 0 radical (unpaired) electrons. The summed E-state index contributed by atoms with van der Waals surface area (Å²) in [7, 11) is 2.01. The topological polar surface area (TPSA) is 44.4 Å². The molecule has 1 N–H and O–H groups in total. The lowest BCUT2D eigenvalue weighted by Gasteiger charge is -1.97. The molecule has 0 saturated carbocycles. The molecule has 0 saturated heterocycles. The van der Waals surface area contributed by atoms with Crippen LogP contribution in [0.3, 0.4) is 0 Å². The molecule has 2 aromatic carbocycles. The van der Waals surface area contributed by atoms with Gasteiger partial charge < -0.3 is 17.4 Å². The zero-order chi connectivity index (χ0) is 16.5. The lowest BCUT2D eigenvalue weighted by Crippen LogP contribution is -3.00. The summed E-state index contributed by atoms with van der Waals surface area (Å²) in [4.78, 5) is 3.48. The zero-order valence-corrected chi connectivity index (χ0v) is 15.5. The first kappa shape index (κ1) is 17.3. The van der Waals surface area contributed by atoms with Gasteiger partial charge in [0.15, 0.2) is 0 Å². The van der Waals surface area contributed by atoms with Crippen molar-refractivity contribution in [2.75, 3.05) is 0 Å². The zero-order valence-electron chi connectivity index (χ0n) is 13.9. The standard InChI is InChI=1S/C19H16N4S.ClH/c1-13-12-24-19(23(13)2)22-21-18-15-10-6-7-11-16(15)20-17(18)14-8-4-3-5-9-14;/h3-12H,1-2H3;1H. The maximum absolute atomic E-state index is 4.60. The molecular formula is C19H17ClN4S. The number of aromatic amines is 1. The first-order chi connectivity index (χ1) is 11.7. The monoisotopic (exact) mass is 368 g/mol. The predicted molar refractivity (Wildman–Crippen MR) is 98.1 cm³/mol. The van der Waals surface area contributed by atoms with Gasteiger partial charge in [0.05, 0.1) is 17.9 Å². The van der Waals surface area contributed by atoms with Gasteiger partial charge >= 0.3 is 5.13 Å². The summed E-state index contributed by atoms with van der Waals surface area (Å²) in [6, 6.07) is 18.4. The Morgan fingerprint density at radius 1 is 0.960 bits per heavy atom. The van der Waals surface area contributed by atoms with E-state index in [-0.39, 0.29) is 12.4 Å². The van der Waals surface area contributed by atoms with Gasteiger partial charge in [0.25, 0.3) is 0 Å². The van der Waals surface area contributed by atoms with E-state index in [1.807, 2.05) is 41.9 Å². The van der Waals surface area contributed by atoms with Gasteiger partial charge in [-0.1, -0.05) is 48.5 Å². The Morgan fingerprint density at radius 3 is 2.40 bits per heavy atom. The molecule has 0 spiro atoms. The molecule has 4 aromatic rings. The normalized spacial score (nSPS) is 11.1. The summed E-state index contributed by atoms with van der Waals surface area (Å²) in [5, 5.41) is 13.1. The molecule has 0 amide bonds. The summed E-state index contributed by atoms with van der Waals surface area (Å²) in [6.45, 7) is 2.07. The summed E-state index contributed by atoms with van der Waals surface area (Å²) in [6.07, 6.45) is 0. The largest absolute Gasteiger partial charge is 1.00 e. The molecule has 25 heavy (non-hydrogen) atoms. The number of nitrogens with one attached hydrogen (secondary N) is 1. The number of H-pyrrole nitrogens is 1. The van der Waals surface area contributed by atoms with Gasteiger partial charge in [-0.3, -0.25) is 0 Å². The van der Waals surface area contributed by atoms with Crippen LogP contribution in [0.1, 0.15) is 5.69 Å². The maximum Gasteiger partial charge on any atom is 0.408 e. The van der Waals surface area contributed by atoms with E-state index in [0.717, 1.165) is 33.0 Å². The molecule has 6 heteroatoms. The Hall–Kier alpha value is -2.50. The van der Waals surface area contributed by atoms with Crippen LogP contribution in [-0.4, -0.2) is 4.98 Å². The number of nitrogens with zero attached hydrogens (tertiary/aromatic N) is 3. The van der Waals surface area contributed by atoms with Crippen molar-refractivity contribution >= 4 is 33.1 Å². The first-order valence-corrected chi connectivity index (χ1v) is 8.64. The molecule has 4 rings (SSSR count). The highest BCUT2D eigenvalue weighted by Crippen LogP contribution is 2.38. The van der Waals surface area contributed by atoms with Crippen LogP contribution in [0.5, 0.6) is 0 Å². The Bertz CT molecular complexity index is 1030. The second-order valence-electron chi connectivity index (χ2n) is 5.68. The molecule has 126 valence electrons. The third-order valence-electron chi connectivity index (χ3n) is 4.13. The van der Waals surface area contributed by atoms with Crippen molar-refractivity contribution in [1.82, 2.24) is 4.98 Å². The van der Waals surface area contributed by atoms with Crippen molar-refractivity contribution in [2.24, 2.45) is 17.3 Å². The number of thiazole rings is 1. The SMILES string of the molecule is Cc1csc(/N=N/c2c(-c3ccccc3)[nH]c3ccccc23)[n+]1C.[Cl-]. The lowest BCUT2D eigenvalue weighted by atomic mass is 10.1. The molecule has 0 aliphatic carbocycles. The van der Waals surface area contributed by atoms with Crippen LogP contribution in [0.25, 0.3) is 22.2 Å². The van der Waals surface area contributed by atoms with Crippen molar-refractivity contribution in [3.8, 4) is 11.3 Å². The summed E-state index contributed by atoms with van der Waals surface area (Å²) < 4.78 is 2.05. The van der Waals surface area contributed by atoms with Crippen LogP contribution in [0, 0.1) is 6.92 Å². The number of fused-ring (bicyclic) bond motifs is 1. The van der Waals surface area contributed by atoms with Crippen LogP contribution in [0.15, 0.2) is 70.2 Å². The fourth-order valence-corrected chi connectivity index (χ4v) is 3.50. The minimum atomic E-state index is 0. The Morgan fingerprint density at radius 2 is 1.68 bits per heavy atom. The van der Waals surface area contributed by atoms with Gasteiger partial charge in [-0.05, 0) is 29.4 Å². The van der Waals surface area contributed by atoms with Crippen LogP contribution in [0.2, 0.25) is 0 Å². The molecule has 0 bridgehead atoms. The van der Waals surface area contributed by atoms with Crippen molar-refractivity contribution in [3.63, 3.8) is 0 Å². The Labute approximate surface area is 156 Å². The summed E-state index contributed by atoms with van der Waals surface area (Å²) in [5.74, 6) is 0. The molecule has 2 aromatic heterocycles. The average molecular weight is 369 g/mol. The van der Waals surface area contributed by atoms with Crippen LogP contribution >= 0.6 is 11.3 Å². The van der Waals surface area contributed by atoms with Gasteiger partial charge in [-0.2, -0.15) is 0 Å². The van der Waals surface area contributed by atoms with Crippen molar-refractivity contribution in [2.45, 2.75) is 6.92 Å². The highest BCUT2D eigenvalue weighted by atomic mass is 35.5. The second-order valence-corrected chi connectivity index (χ2v) is 6.52. The predicted octanol–water partition coefficient (Wildman–Crippen LogP) is 2.45. The molecule has 0 fully saturated rings. The van der Waals surface area contributed by atoms with Gasteiger partial charge in [0, 0.05) is 21.8 Å². The summed E-state index contributed by atoms with van der Waals surface area (Å²) >= 11 is 1.60. The lowest BCUT2D eigenvalue weighted by molar-refractivity contribution is -0.660. The average Bonchev–Trinajstić information content (AvgIpc) is 3.15. The highest BCUT2D eigenvalue weighted by molar-refractivity contribution is 7.12. The Kier molecular flexibility index (Phi) is 4.97. The molecule has 0 atom stereocenters. The number of azo groups is 1. The number of halogens is 1. The van der Waals surface area contributed by atoms with Crippen LogP contribution in [0.4, 0.5) is 10.8 Å². The molecule has 2 heterocycles. The molecule has 0 unspecified atom stereocenters. The van der Waals surface area contributed by atoms with E-state index in [2.05, 4.69) is 51.8 Å². The van der Waals surface area contributed by atoms with Crippen molar-refractivity contribution in [1.29, 1.82) is 0 Å². The van der Waals surface area contributed by atoms with E-state index in [4.69, 9.17) is 0 Å². The molecule has 4 nitrogen and oxygen atoms in total. The number of para-hydroxylation sites is 1. The number of aromatic nitrogens is 2. The highest BCUT2D eigenvalue weighted by Gasteiger charge is 2.16. The number of hydrogen-bond donors (Lipinski definition) is 1. The van der Waals surface area contributed by atoms with Crippen LogP contribution < -0.4 is 17.0 Å². The van der Waals surface area contributed by atoms with Gasteiger partial charge in [-0.15, -0.1) is 0 Å². The molecular weight excluding hydrogens is 352 g/mol. The van der Waals surface area contributed by atoms with E-state index < -0.39 is 0 Å². The van der Waals surface area contributed by atoms with E-state index in [1.165, 1.54) is 5.69 Å². The fraction of sp³-hybridized carbons (Fsp3) is 0.105. The van der Waals surface area contributed by atoms with Crippen LogP contribution in [-0.2, 0) is 7.05 Å². The van der Waals surface area contributed by atoms with Crippen molar-refractivity contribution < 1.29 is 17.0 Å². The van der Waals surface area contributed by atoms with Gasteiger partial charge in [0.2, 0.25) is 0 Å². The number of rotatable bonds is 3. The van der Waals surface area contributed by atoms with Gasteiger partial charge in [-0.25, -0.2) is 4.57 Å². The van der Waals surface area contributed by atoms with E-state index >= 15 is 0 Å². The summed E-state index contributed by atoms with van der Waals surface area (Å²) in [5.41, 5.74) is 5.22. The third-order valence-corrected chi connectivity index (χ3v) is 5.15. The quantitative estimate of drug-likeness (QED) is 0.426. The molecule has 0 aliphatic rings. The van der Waals surface area contributed by atoms with E-state index in [1.54, 1.807) is 11.3 Å². The minimum absolute atomic E-state index is 0. The third kappa shape index (κ3) is 3.21. The van der Waals surface area contributed by atoms with Crippen molar-refractivity contribution in [3.05, 3.63) is 65.7 Å². The van der Waals surface area contributed by atoms with E-state index in [9.17, 15) is 0 Å². The Balaban J connectivity index is 0.00000182. The maximum atomic E-state index is 4.60. The number of benzene rings is 2. The minimum Gasteiger partial charge on any atom is -1.00 e. The fourth-order valence-electron chi connectivity index (χ4n) is 2.68. The first-order valence-electron chi connectivity index (χ1n) is 7.76. The smallest absolute Gasteiger partial charge is 0.408 e. The van der Waals surface area contributed by atoms with E-state index in [0.29, 0.717) is 0 Å². The number of aryl methyl sites for hydroxylation is 1. The molecule has 0 aliphatic heterocycles. The second kappa shape index (κ2) is 7.17. The number of hydrogen-bond acceptors (Lipinski definition) is 3. The van der Waals surface area contributed by atoms with Gasteiger partial charge in [0.1, 0.15) is 11.4 Å².